The highest BCUT2D eigenvalue weighted by molar-refractivity contribution is 5.97. The van der Waals surface area contributed by atoms with Crippen LogP contribution in [-0.2, 0) is 6.42 Å². The number of amidine groups is 1. The molecular weight excluding hydrogens is 236 g/mol. The third-order valence-electron chi connectivity index (χ3n) is 3.74. The van der Waals surface area contributed by atoms with E-state index in [9.17, 15) is 0 Å². The number of para-hydroxylation sites is 1. The molecule has 0 radical (unpaired) electrons. The van der Waals surface area contributed by atoms with Crippen LogP contribution in [0.4, 0.5) is 5.69 Å². The minimum atomic E-state index is -0.0919. The number of ether oxygens (including phenoxy) is 1. The van der Waals surface area contributed by atoms with Gasteiger partial charge in [0, 0.05) is 24.9 Å². The van der Waals surface area contributed by atoms with Gasteiger partial charge in [-0.2, -0.15) is 0 Å². The second-order valence-electron chi connectivity index (χ2n) is 6.10. The van der Waals surface area contributed by atoms with Crippen molar-refractivity contribution in [1.82, 2.24) is 0 Å². The number of benzene rings is 1. The van der Waals surface area contributed by atoms with E-state index in [0.29, 0.717) is 0 Å². The third kappa shape index (κ3) is 2.75. The summed E-state index contributed by atoms with van der Waals surface area (Å²) in [7, 11) is 0. The maximum atomic E-state index is 6.08. The lowest BCUT2D eigenvalue weighted by molar-refractivity contribution is 0.139. The molecule has 3 nitrogen and oxygen atoms in total. The van der Waals surface area contributed by atoms with Gasteiger partial charge in [-0.1, -0.05) is 18.6 Å². The fraction of sp³-hybridized carbons (Fsp3) is 0.562. The Kier molecular flexibility index (Phi) is 3.21. The van der Waals surface area contributed by atoms with E-state index in [1.54, 1.807) is 0 Å². The van der Waals surface area contributed by atoms with Crippen molar-refractivity contribution in [3.05, 3.63) is 23.8 Å². The van der Waals surface area contributed by atoms with Gasteiger partial charge < -0.3 is 10.1 Å². The minimum Gasteiger partial charge on any atom is -0.485 e. The van der Waals surface area contributed by atoms with E-state index in [0.717, 1.165) is 36.7 Å². The van der Waals surface area contributed by atoms with Crippen LogP contribution in [0.3, 0.4) is 0 Å². The molecule has 1 aromatic carbocycles. The van der Waals surface area contributed by atoms with Crippen LogP contribution in [0.15, 0.2) is 23.2 Å². The fourth-order valence-corrected chi connectivity index (χ4v) is 2.85. The van der Waals surface area contributed by atoms with E-state index in [1.807, 2.05) is 0 Å². The molecule has 3 rings (SSSR count). The predicted molar refractivity (Wildman–Crippen MR) is 79.2 cm³/mol. The maximum Gasteiger partial charge on any atom is 0.146 e. The highest BCUT2D eigenvalue weighted by Crippen LogP contribution is 2.40. The average molecular weight is 258 g/mol. The van der Waals surface area contributed by atoms with E-state index < -0.39 is 0 Å². The van der Waals surface area contributed by atoms with E-state index >= 15 is 0 Å². The Bertz CT molecular complexity index is 505. The van der Waals surface area contributed by atoms with E-state index in [4.69, 9.17) is 4.74 Å². The number of nitrogens with zero attached hydrogens (tertiary/aromatic N) is 1. The first-order valence-corrected chi connectivity index (χ1v) is 7.25. The molecule has 0 spiro atoms. The van der Waals surface area contributed by atoms with Crippen molar-refractivity contribution in [1.29, 1.82) is 0 Å². The molecule has 3 heteroatoms. The van der Waals surface area contributed by atoms with Crippen molar-refractivity contribution in [2.45, 2.75) is 51.6 Å². The molecule has 2 aliphatic rings. The Balaban J connectivity index is 1.83. The molecular formula is C16H22N2O. The van der Waals surface area contributed by atoms with Gasteiger partial charge in [0.2, 0.25) is 0 Å². The van der Waals surface area contributed by atoms with Gasteiger partial charge in [0.1, 0.15) is 17.2 Å². The highest BCUT2D eigenvalue weighted by atomic mass is 16.5. The molecule has 0 saturated carbocycles. The third-order valence-corrected chi connectivity index (χ3v) is 3.74. The van der Waals surface area contributed by atoms with Crippen molar-refractivity contribution >= 4 is 11.5 Å². The Morgan fingerprint density at radius 1 is 1.21 bits per heavy atom. The molecule has 0 amide bonds. The van der Waals surface area contributed by atoms with Crippen molar-refractivity contribution in [3.63, 3.8) is 0 Å². The largest absolute Gasteiger partial charge is 0.485 e. The minimum absolute atomic E-state index is 0.0919. The van der Waals surface area contributed by atoms with Crippen LogP contribution in [0, 0.1) is 0 Å². The summed E-state index contributed by atoms with van der Waals surface area (Å²) in [6, 6.07) is 6.35. The zero-order valence-corrected chi connectivity index (χ0v) is 11.8. The topological polar surface area (TPSA) is 33.6 Å². The van der Waals surface area contributed by atoms with Crippen molar-refractivity contribution in [2.24, 2.45) is 4.99 Å². The molecule has 0 saturated heterocycles. The van der Waals surface area contributed by atoms with Crippen LogP contribution < -0.4 is 10.1 Å². The molecule has 0 fully saturated rings. The summed E-state index contributed by atoms with van der Waals surface area (Å²) in [6.45, 7) is 5.23. The van der Waals surface area contributed by atoms with Gasteiger partial charge in [-0.15, -0.1) is 0 Å². The highest BCUT2D eigenvalue weighted by Gasteiger charge is 2.31. The molecule has 2 heterocycles. The molecule has 1 N–H and O–H groups in total. The number of fused-ring (bicyclic) bond motifs is 1. The Morgan fingerprint density at radius 3 is 3.00 bits per heavy atom. The fourth-order valence-electron chi connectivity index (χ4n) is 2.85. The summed E-state index contributed by atoms with van der Waals surface area (Å²) < 4.78 is 6.08. The number of anilines is 1. The SMILES string of the molecule is CC1(C)Cc2cccc(NC3=NCCCCC3)c2O1. The van der Waals surface area contributed by atoms with Gasteiger partial charge in [-0.3, -0.25) is 4.99 Å². The number of aliphatic imine (C=N–C) groups is 1. The smallest absolute Gasteiger partial charge is 0.146 e. The predicted octanol–water partition coefficient (Wildman–Crippen LogP) is 3.78. The summed E-state index contributed by atoms with van der Waals surface area (Å²) in [4.78, 5) is 4.63. The lowest BCUT2D eigenvalue weighted by Crippen LogP contribution is -2.25. The van der Waals surface area contributed by atoms with E-state index in [2.05, 4.69) is 42.4 Å². The van der Waals surface area contributed by atoms with Gasteiger partial charge in [-0.25, -0.2) is 0 Å². The molecule has 102 valence electrons. The van der Waals surface area contributed by atoms with Crippen molar-refractivity contribution in [3.8, 4) is 5.75 Å². The first-order valence-electron chi connectivity index (χ1n) is 7.25. The quantitative estimate of drug-likeness (QED) is 0.831. The number of hydrogen-bond acceptors (Lipinski definition) is 3. The van der Waals surface area contributed by atoms with Crippen molar-refractivity contribution < 1.29 is 4.74 Å². The first kappa shape index (κ1) is 12.5. The number of nitrogens with one attached hydrogen (secondary N) is 1. The summed E-state index contributed by atoms with van der Waals surface area (Å²) in [5.41, 5.74) is 2.28. The van der Waals surface area contributed by atoms with Gasteiger partial charge in [0.25, 0.3) is 0 Å². The lowest BCUT2D eigenvalue weighted by Gasteiger charge is -2.19. The van der Waals surface area contributed by atoms with Gasteiger partial charge in [0.15, 0.2) is 0 Å². The molecule has 19 heavy (non-hydrogen) atoms. The van der Waals surface area contributed by atoms with Crippen LogP contribution in [0.25, 0.3) is 0 Å². The molecule has 0 unspecified atom stereocenters. The van der Waals surface area contributed by atoms with Crippen LogP contribution in [0.2, 0.25) is 0 Å². The number of rotatable bonds is 1. The summed E-state index contributed by atoms with van der Waals surface area (Å²) in [5.74, 6) is 2.12. The van der Waals surface area contributed by atoms with E-state index in [1.165, 1.54) is 24.8 Å². The van der Waals surface area contributed by atoms with E-state index in [-0.39, 0.29) is 5.60 Å². The summed E-state index contributed by atoms with van der Waals surface area (Å²) >= 11 is 0. The second kappa shape index (κ2) is 4.87. The van der Waals surface area contributed by atoms with Gasteiger partial charge in [-0.05, 0) is 32.8 Å². The Morgan fingerprint density at radius 2 is 2.11 bits per heavy atom. The molecule has 0 aromatic heterocycles. The van der Waals surface area contributed by atoms with Crippen LogP contribution in [0.1, 0.15) is 45.1 Å². The molecule has 0 aliphatic carbocycles. The maximum absolute atomic E-state index is 6.08. The number of hydrogen-bond donors (Lipinski definition) is 1. The summed E-state index contributed by atoms with van der Waals surface area (Å²) in [5, 5.41) is 3.48. The van der Waals surface area contributed by atoms with Gasteiger partial charge in [0.05, 0.1) is 5.69 Å². The Hall–Kier alpha value is -1.51. The zero-order valence-electron chi connectivity index (χ0n) is 11.8. The Labute approximate surface area is 115 Å². The van der Waals surface area contributed by atoms with Crippen molar-refractivity contribution in [2.75, 3.05) is 11.9 Å². The van der Waals surface area contributed by atoms with Crippen LogP contribution in [-0.4, -0.2) is 18.0 Å². The molecule has 0 bridgehead atoms. The second-order valence-corrected chi connectivity index (χ2v) is 6.10. The lowest BCUT2D eigenvalue weighted by atomic mass is 10.0. The average Bonchev–Trinajstić information content (AvgIpc) is 2.53. The standard InChI is InChI=1S/C16H22N2O/c1-16(2)11-12-7-6-8-13(15(12)19-16)18-14-9-4-3-5-10-17-14/h6-8H,3-5,9-11H2,1-2H3,(H,17,18). The van der Waals surface area contributed by atoms with Crippen LogP contribution in [0.5, 0.6) is 5.75 Å². The monoisotopic (exact) mass is 258 g/mol. The van der Waals surface area contributed by atoms with Gasteiger partial charge >= 0.3 is 0 Å². The normalized spacial score (nSPS) is 21.1. The first-order chi connectivity index (χ1) is 9.14. The molecule has 2 aliphatic heterocycles. The summed E-state index contributed by atoms with van der Waals surface area (Å²) in [6.07, 6.45) is 5.75. The molecule has 1 aromatic rings. The van der Waals surface area contributed by atoms with Crippen LogP contribution >= 0.6 is 0 Å². The zero-order chi connectivity index (χ0) is 13.3. The molecule has 0 atom stereocenters.